The number of methoxy groups -OCH3 is 1. The zero-order valence-corrected chi connectivity index (χ0v) is 16.2. The van der Waals surface area contributed by atoms with E-state index in [9.17, 15) is 14.9 Å². The average Bonchev–Trinajstić information content (AvgIpc) is 3.18. The van der Waals surface area contributed by atoms with Crippen LogP contribution in [0.3, 0.4) is 0 Å². The first-order chi connectivity index (χ1) is 9.74. The highest BCUT2D eigenvalue weighted by Crippen LogP contribution is 2.50. The van der Waals surface area contributed by atoms with Crippen LogP contribution >= 0.6 is 47.3 Å². The van der Waals surface area contributed by atoms with Gasteiger partial charge in [-0.3, -0.25) is 14.9 Å². The first-order valence-corrected chi connectivity index (χ1v) is 8.75. The lowest BCUT2D eigenvalue weighted by atomic mass is 9.91. The Morgan fingerprint density at radius 3 is 2.24 bits per heavy atom. The minimum absolute atomic E-state index is 0.0666. The maximum Gasteiger partial charge on any atom is 0.369 e. The summed E-state index contributed by atoms with van der Waals surface area (Å²) in [5.74, 6) is 0.287. The van der Waals surface area contributed by atoms with E-state index in [0.717, 1.165) is 18.4 Å². The third-order valence-corrected chi connectivity index (χ3v) is 3.35. The molecular weight excluding hydrogens is 473 g/mol. The van der Waals surface area contributed by atoms with Gasteiger partial charge in [-0.1, -0.05) is 6.07 Å². The Morgan fingerprint density at radius 1 is 1.38 bits per heavy atom. The van der Waals surface area contributed by atoms with Crippen molar-refractivity contribution in [2.45, 2.75) is 25.2 Å². The molecule has 1 aromatic rings. The van der Waals surface area contributed by atoms with E-state index in [2.05, 4.69) is 47.3 Å². The summed E-state index contributed by atoms with van der Waals surface area (Å²) in [4.78, 5) is 22.0. The van der Waals surface area contributed by atoms with Crippen LogP contribution in [0.5, 0.6) is 5.75 Å². The summed E-state index contributed by atoms with van der Waals surface area (Å²) in [6.45, 7) is 1.53. The normalized spacial score (nSPS) is 14.5. The average molecular weight is 486 g/mol. The van der Waals surface area contributed by atoms with Crippen molar-refractivity contribution >= 4 is 61.9 Å². The van der Waals surface area contributed by atoms with E-state index in [1.54, 1.807) is 12.1 Å². The van der Waals surface area contributed by atoms with Crippen LogP contribution in [-0.2, 0) is 10.2 Å². The minimum atomic E-state index is -0.489. The molecule has 0 bridgehead atoms. The zero-order chi connectivity index (χ0) is 16.2. The molecule has 1 aliphatic carbocycles. The number of Topliss-reactive ketones (excluding diaryl/α,β-unsaturated/α-hetero) is 1. The van der Waals surface area contributed by atoms with E-state index >= 15 is 0 Å². The number of ether oxygens (including phenoxy) is 1. The standard InChI is InChI=1S/C12H13NO4.BBr3/c1-8(14)12(5-6-12)9-3-4-11(17-2)10(7-9)13(15)16;2-1(3)4/h3-4,7H,5-6H2,1-2H3;. The number of halogens is 3. The molecule has 0 atom stereocenters. The van der Waals surface area contributed by atoms with Gasteiger partial charge >= 0.3 is 8.87 Å². The lowest BCUT2D eigenvalue weighted by molar-refractivity contribution is -0.385. The predicted molar refractivity (Wildman–Crippen MR) is 93.8 cm³/mol. The Labute approximate surface area is 148 Å². The largest absolute Gasteiger partial charge is 0.490 e. The van der Waals surface area contributed by atoms with Crippen LogP contribution in [0, 0.1) is 10.1 Å². The molecule has 0 aromatic heterocycles. The van der Waals surface area contributed by atoms with E-state index in [1.807, 2.05) is 0 Å². The molecule has 1 aliphatic rings. The van der Waals surface area contributed by atoms with Crippen molar-refractivity contribution in [3.63, 3.8) is 0 Å². The van der Waals surface area contributed by atoms with Crippen molar-refractivity contribution in [3.8, 4) is 5.75 Å². The SMILES string of the molecule is BrB(Br)Br.COc1ccc(C2(C(C)=O)CC2)cc1[N+](=O)[O-]. The molecule has 0 N–H and O–H groups in total. The number of nitro benzene ring substituents is 1. The molecule has 0 spiro atoms. The fourth-order valence-electron chi connectivity index (χ4n) is 2.10. The van der Waals surface area contributed by atoms with Crippen LogP contribution in [0.4, 0.5) is 5.69 Å². The lowest BCUT2D eigenvalue weighted by Gasteiger charge is -2.12. The van der Waals surface area contributed by atoms with Gasteiger partial charge in [0.1, 0.15) is 5.78 Å². The molecule has 0 saturated heterocycles. The number of nitro groups is 1. The number of nitrogens with zero attached hydrogens (tertiary/aromatic N) is 1. The molecule has 1 saturated carbocycles. The molecule has 0 radical (unpaired) electrons. The summed E-state index contributed by atoms with van der Waals surface area (Å²) in [6, 6.07) is 4.74. The summed E-state index contributed by atoms with van der Waals surface area (Å²) < 4.78 is 5.20. The van der Waals surface area contributed by atoms with Gasteiger partial charge < -0.3 is 4.74 Å². The minimum Gasteiger partial charge on any atom is -0.490 e. The molecule has 1 fully saturated rings. The topological polar surface area (TPSA) is 69.4 Å². The summed E-state index contributed by atoms with van der Waals surface area (Å²) in [5, 5.41) is 10.9. The summed E-state index contributed by atoms with van der Waals surface area (Å²) in [7, 11) is 1.39. The Kier molecular flexibility index (Phi) is 6.87. The molecule has 0 amide bonds. The molecular formula is C12H13BBr3NO4. The monoisotopic (exact) mass is 483 g/mol. The zero-order valence-electron chi connectivity index (χ0n) is 11.4. The van der Waals surface area contributed by atoms with Gasteiger partial charge in [0.05, 0.1) is 17.4 Å². The number of ketones is 1. The molecule has 114 valence electrons. The van der Waals surface area contributed by atoms with E-state index in [-0.39, 0.29) is 20.4 Å². The Morgan fingerprint density at radius 2 is 1.90 bits per heavy atom. The molecule has 5 nitrogen and oxygen atoms in total. The van der Waals surface area contributed by atoms with E-state index < -0.39 is 10.3 Å². The lowest BCUT2D eigenvalue weighted by Crippen LogP contribution is -2.17. The maximum atomic E-state index is 11.6. The van der Waals surface area contributed by atoms with E-state index in [1.165, 1.54) is 20.1 Å². The van der Waals surface area contributed by atoms with Crippen molar-refractivity contribution in [1.29, 1.82) is 0 Å². The van der Waals surface area contributed by atoms with Gasteiger partial charge in [0.2, 0.25) is 0 Å². The van der Waals surface area contributed by atoms with E-state index in [0.29, 0.717) is 0 Å². The Bertz CT molecular complexity index is 547. The van der Waals surface area contributed by atoms with Crippen LogP contribution in [0.25, 0.3) is 0 Å². The first kappa shape index (κ1) is 18.6. The highest BCUT2D eigenvalue weighted by molar-refractivity contribution is 9.69. The van der Waals surface area contributed by atoms with Gasteiger partial charge in [-0.2, -0.15) is 0 Å². The van der Waals surface area contributed by atoms with Crippen LogP contribution in [-0.4, -0.2) is 21.0 Å². The highest BCUT2D eigenvalue weighted by atomic mass is 79.9. The van der Waals surface area contributed by atoms with Crippen molar-refractivity contribution in [1.82, 2.24) is 0 Å². The second kappa shape index (κ2) is 7.74. The quantitative estimate of drug-likeness (QED) is 0.360. The number of hydrogen-bond donors (Lipinski definition) is 0. The number of carbonyl (C=O) groups excluding carboxylic acids is 1. The summed E-state index contributed by atoms with van der Waals surface area (Å²) in [6.07, 6.45) is 1.54. The molecule has 0 heterocycles. The molecule has 0 aliphatic heterocycles. The predicted octanol–water partition coefficient (Wildman–Crippen LogP) is 4.38. The van der Waals surface area contributed by atoms with Crippen molar-refractivity contribution in [2.24, 2.45) is 0 Å². The number of rotatable bonds is 4. The van der Waals surface area contributed by atoms with Gasteiger partial charge in [-0.05, 0) is 31.4 Å². The number of hydrogen-bond acceptors (Lipinski definition) is 4. The van der Waals surface area contributed by atoms with Crippen molar-refractivity contribution < 1.29 is 14.5 Å². The summed E-state index contributed by atoms with van der Waals surface area (Å²) >= 11 is 9.31. The summed E-state index contributed by atoms with van der Waals surface area (Å²) in [5.41, 5.74) is 0.145. The highest BCUT2D eigenvalue weighted by Gasteiger charge is 2.49. The van der Waals surface area contributed by atoms with Crippen LogP contribution in [0.1, 0.15) is 25.3 Å². The second-order valence-electron chi connectivity index (χ2n) is 4.53. The Hall–Kier alpha value is -0.405. The first-order valence-electron chi connectivity index (χ1n) is 6.01. The maximum absolute atomic E-state index is 11.6. The van der Waals surface area contributed by atoms with Gasteiger partial charge in [0, 0.05) is 6.07 Å². The van der Waals surface area contributed by atoms with Crippen molar-refractivity contribution in [3.05, 3.63) is 33.9 Å². The van der Waals surface area contributed by atoms with Crippen molar-refractivity contribution in [2.75, 3.05) is 7.11 Å². The molecule has 1 aromatic carbocycles. The molecule has 9 heteroatoms. The third kappa shape index (κ3) is 4.79. The number of carbonyl (C=O) groups is 1. The smallest absolute Gasteiger partial charge is 0.369 e. The number of benzene rings is 1. The second-order valence-corrected chi connectivity index (χ2v) is 11.0. The van der Waals surface area contributed by atoms with Crippen LogP contribution in [0.2, 0.25) is 0 Å². The molecule has 21 heavy (non-hydrogen) atoms. The Balaban J connectivity index is 0.000000491. The van der Waals surface area contributed by atoms with Gasteiger partial charge in [0.25, 0.3) is 0 Å². The molecule has 0 unspecified atom stereocenters. The van der Waals surface area contributed by atoms with Gasteiger partial charge in [-0.25, -0.2) is 0 Å². The van der Waals surface area contributed by atoms with Crippen LogP contribution < -0.4 is 4.74 Å². The fraction of sp³-hybridized carbons (Fsp3) is 0.417. The fourth-order valence-corrected chi connectivity index (χ4v) is 2.10. The molecule has 2 rings (SSSR count). The van der Waals surface area contributed by atoms with Gasteiger partial charge in [0.15, 0.2) is 5.75 Å². The van der Waals surface area contributed by atoms with E-state index in [4.69, 9.17) is 4.74 Å². The van der Waals surface area contributed by atoms with Crippen LogP contribution in [0.15, 0.2) is 18.2 Å². The third-order valence-electron chi connectivity index (χ3n) is 3.35. The van der Waals surface area contributed by atoms with Gasteiger partial charge in [-0.15, -0.1) is 47.3 Å².